The van der Waals surface area contributed by atoms with Gasteiger partial charge in [-0.25, -0.2) is 13.6 Å². The average molecular weight is 450 g/mol. The Morgan fingerprint density at radius 1 is 1.06 bits per heavy atom. The summed E-state index contributed by atoms with van der Waals surface area (Å²) in [6.07, 6.45) is -2.93. The van der Waals surface area contributed by atoms with E-state index < -0.39 is 24.0 Å². The zero-order valence-corrected chi connectivity index (χ0v) is 16.7. The zero-order chi connectivity index (χ0) is 22.7. The maximum atomic E-state index is 14.9. The lowest BCUT2D eigenvalue weighted by molar-refractivity contribution is 0.0548. The molecule has 0 radical (unpaired) electrons. The Balaban J connectivity index is 1.60. The molecule has 2 amide bonds. The van der Waals surface area contributed by atoms with Crippen molar-refractivity contribution in [3.8, 4) is 11.5 Å². The molecule has 4 rings (SSSR count). The predicted molar refractivity (Wildman–Crippen MR) is 105 cm³/mol. The number of hydrogen-bond donors (Lipinski definition) is 0. The van der Waals surface area contributed by atoms with Gasteiger partial charge in [-0.3, -0.25) is 4.90 Å². The first-order chi connectivity index (χ1) is 15.4. The average Bonchev–Trinajstić information content (AvgIpc) is 3.30. The van der Waals surface area contributed by atoms with E-state index in [1.807, 2.05) is 0 Å². The summed E-state index contributed by atoms with van der Waals surface area (Å²) in [5.41, 5.74) is 0.677. The first-order valence-corrected chi connectivity index (χ1v) is 9.72. The van der Waals surface area contributed by atoms with E-state index in [1.165, 1.54) is 41.3 Å². The van der Waals surface area contributed by atoms with Gasteiger partial charge in [0.25, 0.3) is 5.89 Å². The number of anilines is 1. The minimum atomic E-state index is -2.93. The highest BCUT2D eigenvalue weighted by Gasteiger charge is 2.26. The van der Waals surface area contributed by atoms with Gasteiger partial charge in [-0.15, -0.1) is 10.2 Å². The van der Waals surface area contributed by atoms with Gasteiger partial charge in [0, 0.05) is 29.9 Å². The molecular formula is C21H18F4N4O3. The minimum absolute atomic E-state index is 0.124. The van der Waals surface area contributed by atoms with E-state index >= 15 is 0 Å². The molecule has 11 heteroatoms. The third kappa shape index (κ3) is 4.72. The monoisotopic (exact) mass is 450 g/mol. The smallest absolute Gasteiger partial charge is 0.324 e. The number of hydrogen-bond acceptors (Lipinski definition) is 5. The number of morpholine rings is 1. The lowest BCUT2D eigenvalue weighted by Gasteiger charge is -2.33. The van der Waals surface area contributed by atoms with E-state index in [-0.39, 0.29) is 29.6 Å². The van der Waals surface area contributed by atoms with E-state index in [2.05, 4.69) is 10.2 Å². The van der Waals surface area contributed by atoms with Crippen LogP contribution in [-0.4, -0.2) is 47.4 Å². The van der Waals surface area contributed by atoms with Crippen molar-refractivity contribution < 1.29 is 31.5 Å². The quantitative estimate of drug-likeness (QED) is 0.539. The minimum Gasteiger partial charge on any atom is -0.415 e. The first-order valence-electron chi connectivity index (χ1n) is 9.72. The van der Waals surface area contributed by atoms with Gasteiger partial charge < -0.3 is 14.1 Å². The highest BCUT2D eigenvalue weighted by atomic mass is 19.3. The molecule has 1 fully saturated rings. The van der Waals surface area contributed by atoms with Crippen molar-refractivity contribution in [3.05, 3.63) is 65.6 Å². The molecule has 7 nitrogen and oxygen atoms in total. The summed E-state index contributed by atoms with van der Waals surface area (Å²) in [6.45, 7) is 1.39. The Labute approximate surface area is 180 Å². The molecule has 1 saturated heterocycles. The van der Waals surface area contributed by atoms with Crippen LogP contribution in [0.15, 0.2) is 46.9 Å². The molecule has 0 bridgehead atoms. The Hall–Kier alpha value is -3.47. The fraction of sp³-hybridized carbons (Fsp3) is 0.286. The third-order valence-corrected chi connectivity index (χ3v) is 4.91. The van der Waals surface area contributed by atoms with Gasteiger partial charge in [0.2, 0.25) is 5.89 Å². The Morgan fingerprint density at radius 2 is 1.78 bits per heavy atom. The van der Waals surface area contributed by atoms with Crippen molar-refractivity contribution in [2.45, 2.75) is 13.0 Å². The van der Waals surface area contributed by atoms with Gasteiger partial charge in [0.15, 0.2) is 0 Å². The normalized spacial score (nSPS) is 14.1. The van der Waals surface area contributed by atoms with E-state index in [0.29, 0.717) is 32.0 Å². The Morgan fingerprint density at radius 3 is 2.41 bits per heavy atom. The van der Waals surface area contributed by atoms with Crippen molar-refractivity contribution >= 4 is 11.7 Å². The molecule has 32 heavy (non-hydrogen) atoms. The number of urea groups is 1. The van der Waals surface area contributed by atoms with Crippen LogP contribution in [0, 0.1) is 11.6 Å². The number of rotatable bonds is 5. The molecule has 0 N–H and O–H groups in total. The van der Waals surface area contributed by atoms with Gasteiger partial charge >= 0.3 is 12.5 Å². The lowest BCUT2D eigenvalue weighted by Crippen LogP contribution is -2.48. The number of alkyl halides is 2. The summed E-state index contributed by atoms with van der Waals surface area (Å²) in [5.74, 6) is -2.26. The molecule has 0 aliphatic carbocycles. The zero-order valence-electron chi connectivity index (χ0n) is 16.7. The Bertz CT molecular complexity index is 1080. The highest BCUT2D eigenvalue weighted by molar-refractivity contribution is 5.92. The molecule has 1 aliphatic heterocycles. The van der Waals surface area contributed by atoms with Gasteiger partial charge in [-0.05, 0) is 36.4 Å². The van der Waals surface area contributed by atoms with Gasteiger partial charge in [-0.2, -0.15) is 8.78 Å². The molecule has 168 valence electrons. The van der Waals surface area contributed by atoms with E-state index in [4.69, 9.17) is 9.15 Å². The van der Waals surface area contributed by atoms with Crippen LogP contribution < -0.4 is 4.90 Å². The van der Waals surface area contributed by atoms with Crippen LogP contribution in [0.1, 0.15) is 17.9 Å². The van der Waals surface area contributed by atoms with Crippen molar-refractivity contribution in [2.75, 3.05) is 31.2 Å². The molecule has 3 aromatic rings. The first kappa shape index (κ1) is 21.8. The summed E-state index contributed by atoms with van der Waals surface area (Å²) in [4.78, 5) is 16.0. The number of nitrogens with zero attached hydrogens (tertiary/aromatic N) is 4. The summed E-state index contributed by atoms with van der Waals surface area (Å²) >= 11 is 0. The predicted octanol–water partition coefficient (Wildman–Crippen LogP) is 4.41. The standard InChI is InChI=1S/C21H18F4N4O3/c22-15-3-5-16(6-4-15)29(21(30)28-7-9-31-10-8-28)12-14-2-1-13(11-17(14)23)19-26-27-20(32-19)18(24)25/h1-6,11,18H,7-10,12H2. The second kappa shape index (κ2) is 9.35. The topological polar surface area (TPSA) is 71.7 Å². The number of benzene rings is 2. The molecule has 0 saturated carbocycles. The van der Waals surface area contributed by atoms with Crippen LogP contribution in [0.3, 0.4) is 0 Å². The fourth-order valence-electron chi connectivity index (χ4n) is 3.23. The van der Waals surface area contributed by atoms with Crippen molar-refractivity contribution in [2.24, 2.45) is 0 Å². The van der Waals surface area contributed by atoms with E-state index in [1.54, 1.807) is 4.90 Å². The van der Waals surface area contributed by atoms with Gasteiger partial charge in [-0.1, -0.05) is 6.07 Å². The molecule has 2 aromatic carbocycles. The second-order valence-corrected chi connectivity index (χ2v) is 7.00. The highest BCUT2D eigenvalue weighted by Crippen LogP contribution is 2.27. The van der Waals surface area contributed by atoms with Crippen molar-refractivity contribution in [1.82, 2.24) is 15.1 Å². The summed E-state index contributed by atoms with van der Waals surface area (Å²) in [5, 5.41) is 6.73. The summed E-state index contributed by atoms with van der Waals surface area (Å²) in [6, 6.07) is 8.83. The maximum absolute atomic E-state index is 14.9. The number of carbonyl (C=O) groups excluding carboxylic acids is 1. The Kier molecular flexibility index (Phi) is 6.35. The molecule has 0 unspecified atom stereocenters. The van der Waals surface area contributed by atoms with Crippen LogP contribution in [0.25, 0.3) is 11.5 Å². The maximum Gasteiger partial charge on any atom is 0.324 e. The summed E-state index contributed by atoms with van der Waals surface area (Å²) in [7, 11) is 0. The largest absolute Gasteiger partial charge is 0.415 e. The number of aromatic nitrogens is 2. The summed E-state index contributed by atoms with van der Waals surface area (Å²) < 4.78 is 63.7. The third-order valence-electron chi connectivity index (χ3n) is 4.91. The molecule has 0 atom stereocenters. The number of carbonyl (C=O) groups is 1. The molecular weight excluding hydrogens is 432 g/mol. The van der Waals surface area contributed by atoms with Crippen LogP contribution in [0.4, 0.5) is 28.0 Å². The van der Waals surface area contributed by atoms with Crippen molar-refractivity contribution in [3.63, 3.8) is 0 Å². The van der Waals surface area contributed by atoms with Crippen LogP contribution in [0.5, 0.6) is 0 Å². The fourth-order valence-corrected chi connectivity index (χ4v) is 3.23. The second-order valence-electron chi connectivity index (χ2n) is 7.00. The van der Waals surface area contributed by atoms with E-state index in [0.717, 1.165) is 6.07 Å². The number of amides is 2. The molecule has 1 aliphatic rings. The molecule has 1 aromatic heterocycles. The molecule has 2 heterocycles. The van der Waals surface area contributed by atoms with Gasteiger partial charge in [0.1, 0.15) is 11.6 Å². The van der Waals surface area contributed by atoms with Crippen LogP contribution >= 0.6 is 0 Å². The van der Waals surface area contributed by atoms with Gasteiger partial charge in [0.05, 0.1) is 19.8 Å². The van der Waals surface area contributed by atoms with Crippen LogP contribution in [0.2, 0.25) is 0 Å². The SMILES string of the molecule is O=C(N1CCOCC1)N(Cc1ccc(-c2nnc(C(F)F)o2)cc1F)c1ccc(F)cc1. The lowest BCUT2D eigenvalue weighted by atomic mass is 10.1. The molecule has 0 spiro atoms. The van der Waals surface area contributed by atoms with Crippen LogP contribution in [-0.2, 0) is 11.3 Å². The van der Waals surface area contributed by atoms with Crippen molar-refractivity contribution in [1.29, 1.82) is 0 Å². The number of ether oxygens (including phenoxy) is 1. The number of halogens is 4. The van der Waals surface area contributed by atoms with E-state index in [9.17, 15) is 22.4 Å².